The molecule has 0 radical (unpaired) electrons. The molecule has 0 spiro atoms. The van der Waals surface area contributed by atoms with Crippen LogP contribution in [-0.4, -0.2) is 35.5 Å². The molecule has 2 N–H and O–H groups in total. The number of carbonyl (C=O) groups is 1. The summed E-state index contributed by atoms with van der Waals surface area (Å²) < 4.78 is 68.8. The SMILES string of the molecule is COc1c(C#CC(C)(C)C)ccc(C(=O)CS(=O)(=O)c2ccccc2S(N)(=O)=O)c1F. The van der Waals surface area contributed by atoms with E-state index in [4.69, 9.17) is 9.88 Å². The molecule has 0 bridgehead atoms. The Kier molecular flexibility index (Phi) is 6.95. The van der Waals surface area contributed by atoms with E-state index in [-0.39, 0.29) is 16.7 Å². The third-order valence-corrected chi connectivity index (χ3v) is 6.75. The first kappa shape index (κ1) is 24.5. The van der Waals surface area contributed by atoms with Crippen LogP contribution in [0.15, 0.2) is 46.2 Å². The van der Waals surface area contributed by atoms with E-state index >= 15 is 0 Å². The minimum absolute atomic E-state index is 0.203. The molecule has 0 saturated heterocycles. The lowest BCUT2D eigenvalue weighted by atomic mass is 9.97. The molecule has 31 heavy (non-hydrogen) atoms. The maximum atomic E-state index is 14.9. The summed E-state index contributed by atoms with van der Waals surface area (Å²) in [6, 6.07) is 7.09. The molecule has 0 heterocycles. The number of primary sulfonamides is 1. The highest BCUT2D eigenvalue weighted by Gasteiger charge is 2.29. The van der Waals surface area contributed by atoms with E-state index in [0.717, 1.165) is 18.2 Å². The first-order chi connectivity index (χ1) is 14.2. The van der Waals surface area contributed by atoms with Gasteiger partial charge in [-0.15, -0.1) is 0 Å². The number of benzene rings is 2. The predicted octanol–water partition coefficient (Wildman–Crippen LogP) is 2.54. The van der Waals surface area contributed by atoms with Gasteiger partial charge in [0, 0.05) is 5.41 Å². The third kappa shape index (κ3) is 5.91. The molecule has 0 aliphatic heterocycles. The van der Waals surface area contributed by atoms with Crippen LogP contribution in [-0.2, 0) is 19.9 Å². The number of ether oxygens (including phenoxy) is 1. The smallest absolute Gasteiger partial charge is 0.239 e. The van der Waals surface area contributed by atoms with Crippen LogP contribution in [0.5, 0.6) is 5.75 Å². The van der Waals surface area contributed by atoms with Crippen LogP contribution < -0.4 is 9.88 Å². The van der Waals surface area contributed by atoms with Gasteiger partial charge in [-0.1, -0.05) is 24.0 Å². The van der Waals surface area contributed by atoms with Gasteiger partial charge < -0.3 is 4.74 Å². The molecule has 10 heteroatoms. The van der Waals surface area contributed by atoms with Crippen LogP contribution in [0.3, 0.4) is 0 Å². The fraction of sp³-hybridized carbons (Fsp3) is 0.286. The summed E-state index contributed by atoms with van der Waals surface area (Å²) in [5.41, 5.74) is -0.676. The topological polar surface area (TPSA) is 121 Å². The van der Waals surface area contributed by atoms with Crippen molar-refractivity contribution in [3.05, 3.63) is 53.3 Å². The average molecular weight is 468 g/mol. The van der Waals surface area contributed by atoms with Crippen molar-refractivity contribution in [2.24, 2.45) is 10.6 Å². The van der Waals surface area contributed by atoms with Gasteiger partial charge >= 0.3 is 0 Å². The quantitative estimate of drug-likeness (QED) is 0.515. The van der Waals surface area contributed by atoms with Crippen LogP contribution in [0.4, 0.5) is 4.39 Å². The molecule has 0 aromatic heterocycles. The van der Waals surface area contributed by atoms with Gasteiger partial charge in [0.1, 0.15) is 10.6 Å². The maximum Gasteiger partial charge on any atom is 0.239 e. The van der Waals surface area contributed by atoms with Crippen LogP contribution in [0, 0.1) is 23.1 Å². The first-order valence-electron chi connectivity index (χ1n) is 8.95. The molecule has 0 atom stereocenters. The van der Waals surface area contributed by atoms with Gasteiger partial charge in [0.15, 0.2) is 27.2 Å². The second-order valence-electron chi connectivity index (χ2n) is 7.68. The monoisotopic (exact) mass is 467 g/mol. The number of sulfone groups is 1. The molecule has 7 nitrogen and oxygen atoms in total. The summed E-state index contributed by atoms with van der Waals surface area (Å²) in [4.78, 5) is 11.3. The summed E-state index contributed by atoms with van der Waals surface area (Å²) in [6.45, 7) is 5.60. The van der Waals surface area contributed by atoms with Gasteiger partial charge in [-0.05, 0) is 45.0 Å². The summed E-state index contributed by atoms with van der Waals surface area (Å²) >= 11 is 0. The standard InChI is InChI=1S/C21H22FNO6S2/c1-21(2,3)12-11-14-9-10-15(19(22)20(14)29-4)16(24)13-30(25,26)17-7-5-6-8-18(17)31(23,27)28/h5-10H,13H2,1-4H3,(H2,23,27,28). The van der Waals surface area contributed by atoms with Gasteiger partial charge in [0.2, 0.25) is 10.0 Å². The van der Waals surface area contributed by atoms with E-state index in [9.17, 15) is 26.0 Å². The Hall–Kier alpha value is -2.74. The van der Waals surface area contributed by atoms with Gasteiger partial charge in [0.25, 0.3) is 0 Å². The average Bonchev–Trinajstić information content (AvgIpc) is 2.64. The van der Waals surface area contributed by atoms with Crippen LogP contribution >= 0.6 is 0 Å². The highest BCUT2D eigenvalue weighted by molar-refractivity contribution is 7.94. The largest absolute Gasteiger partial charge is 0.492 e. The highest BCUT2D eigenvalue weighted by atomic mass is 32.2. The first-order valence-corrected chi connectivity index (χ1v) is 12.1. The molecule has 2 rings (SSSR count). The summed E-state index contributed by atoms with van der Waals surface area (Å²) in [5, 5.41) is 5.07. The second kappa shape index (κ2) is 8.78. The van der Waals surface area contributed by atoms with Gasteiger partial charge in [0.05, 0.1) is 23.1 Å². The molecule has 0 fully saturated rings. The van der Waals surface area contributed by atoms with E-state index in [1.165, 1.54) is 25.3 Å². The maximum absolute atomic E-state index is 14.9. The van der Waals surface area contributed by atoms with Crippen molar-refractivity contribution in [3.63, 3.8) is 0 Å². The minimum atomic E-state index is -4.44. The lowest BCUT2D eigenvalue weighted by Gasteiger charge is -2.12. The molecular weight excluding hydrogens is 445 g/mol. The van der Waals surface area contributed by atoms with E-state index in [1.54, 1.807) is 0 Å². The van der Waals surface area contributed by atoms with Crippen molar-refractivity contribution in [1.29, 1.82) is 0 Å². The predicted molar refractivity (Wildman–Crippen MR) is 113 cm³/mol. The number of halogens is 1. The third-order valence-electron chi connectivity index (χ3n) is 3.99. The zero-order valence-electron chi connectivity index (χ0n) is 17.4. The van der Waals surface area contributed by atoms with Gasteiger partial charge in [-0.3, -0.25) is 4.79 Å². The molecule has 166 valence electrons. The number of rotatable bonds is 6. The molecule has 0 aliphatic carbocycles. The number of hydrogen-bond acceptors (Lipinski definition) is 6. The fourth-order valence-electron chi connectivity index (χ4n) is 2.59. The Morgan fingerprint density at radius 2 is 1.65 bits per heavy atom. The van der Waals surface area contributed by atoms with Crippen molar-refractivity contribution < 1.29 is 30.8 Å². The Bertz CT molecular complexity index is 1300. The molecule has 0 aliphatic rings. The zero-order valence-corrected chi connectivity index (χ0v) is 19.0. The van der Waals surface area contributed by atoms with E-state index < -0.39 is 52.6 Å². The Morgan fingerprint density at radius 1 is 1.06 bits per heavy atom. The lowest BCUT2D eigenvalue weighted by Crippen LogP contribution is -2.22. The Morgan fingerprint density at radius 3 is 2.16 bits per heavy atom. The molecular formula is C21H22FNO6S2. The van der Waals surface area contributed by atoms with Crippen LogP contribution in [0.1, 0.15) is 36.7 Å². The number of ketones is 1. The normalized spacial score (nSPS) is 12.1. The van der Waals surface area contributed by atoms with Crippen LogP contribution in [0.2, 0.25) is 0 Å². The number of methoxy groups -OCH3 is 1. The second-order valence-corrected chi connectivity index (χ2v) is 11.2. The van der Waals surface area contributed by atoms with Crippen molar-refractivity contribution in [2.75, 3.05) is 12.9 Å². The van der Waals surface area contributed by atoms with Crippen molar-refractivity contribution in [1.82, 2.24) is 0 Å². The van der Waals surface area contributed by atoms with Crippen molar-refractivity contribution in [2.45, 2.75) is 30.6 Å². The van der Waals surface area contributed by atoms with Gasteiger partial charge in [-0.2, -0.15) is 0 Å². The summed E-state index contributed by atoms with van der Waals surface area (Å²) in [7, 11) is -7.60. The number of hydrogen-bond donors (Lipinski definition) is 1. The lowest BCUT2D eigenvalue weighted by molar-refractivity contribution is 0.101. The molecule has 0 saturated carbocycles. The molecule has 0 amide bonds. The van der Waals surface area contributed by atoms with Crippen molar-refractivity contribution >= 4 is 25.6 Å². The molecule has 0 unspecified atom stereocenters. The summed E-state index contributed by atoms with van der Waals surface area (Å²) in [6.07, 6.45) is 0. The Balaban J connectivity index is 2.48. The zero-order chi connectivity index (χ0) is 23.6. The number of carbonyl (C=O) groups excluding carboxylic acids is 1. The van der Waals surface area contributed by atoms with Gasteiger partial charge in [-0.25, -0.2) is 26.4 Å². The van der Waals surface area contributed by atoms with E-state index in [2.05, 4.69) is 11.8 Å². The molecule has 2 aromatic carbocycles. The minimum Gasteiger partial charge on any atom is -0.492 e. The number of nitrogens with two attached hydrogens (primary N) is 1. The number of sulfonamides is 1. The van der Waals surface area contributed by atoms with Crippen molar-refractivity contribution in [3.8, 4) is 17.6 Å². The van der Waals surface area contributed by atoms with E-state index in [1.807, 2.05) is 20.8 Å². The van der Waals surface area contributed by atoms with Crippen LogP contribution in [0.25, 0.3) is 0 Å². The highest BCUT2D eigenvalue weighted by Crippen LogP contribution is 2.27. The molecule has 2 aromatic rings. The fourth-order valence-corrected chi connectivity index (χ4v) is 5.26. The Labute approximate surface area is 181 Å². The van der Waals surface area contributed by atoms with E-state index in [0.29, 0.717) is 0 Å². The summed E-state index contributed by atoms with van der Waals surface area (Å²) in [5.74, 6) is 2.13. The number of Topliss-reactive ketones (excluding diaryl/α,β-unsaturated/α-hetero) is 1.